The van der Waals surface area contributed by atoms with Gasteiger partial charge in [-0.05, 0) is 24.6 Å². The van der Waals surface area contributed by atoms with E-state index in [1.54, 1.807) is 7.05 Å². The Bertz CT molecular complexity index is 323. The lowest BCUT2D eigenvalue weighted by molar-refractivity contribution is -0.120. The molecule has 0 aromatic heterocycles. The zero-order valence-corrected chi connectivity index (χ0v) is 9.34. The van der Waals surface area contributed by atoms with Crippen molar-refractivity contribution in [3.8, 4) is 0 Å². The summed E-state index contributed by atoms with van der Waals surface area (Å²) in [7, 11) is 1.76. The van der Waals surface area contributed by atoms with Gasteiger partial charge >= 0.3 is 0 Å². The first kappa shape index (κ1) is 11.7. The fourth-order valence-corrected chi connectivity index (χ4v) is 1.49. The number of rotatable bonds is 5. The maximum absolute atomic E-state index is 11.2. The molecular weight excluding hydrogens is 188 g/mol. The first-order chi connectivity index (χ1) is 7.27. The fraction of sp³-hybridized carbons (Fsp3) is 0.417. The lowest BCUT2D eigenvalue weighted by Gasteiger charge is -2.08. The van der Waals surface area contributed by atoms with Crippen LogP contribution in [0.25, 0.3) is 0 Å². The van der Waals surface area contributed by atoms with E-state index in [0.29, 0.717) is 13.1 Å². The van der Waals surface area contributed by atoms with Gasteiger partial charge in [0, 0.05) is 6.54 Å². The number of aryl methyl sites for hydroxylation is 1. The Hall–Kier alpha value is -1.35. The van der Waals surface area contributed by atoms with Crippen molar-refractivity contribution in [1.82, 2.24) is 10.6 Å². The number of hydrogen-bond acceptors (Lipinski definition) is 2. The number of carbonyl (C=O) groups excluding carboxylic acids is 1. The Labute approximate surface area is 90.9 Å². The Morgan fingerprint density at radius 1 is 1.27 bits per heavy atom. The van der Waals surface area contributed by atoms with Crippen LogP contribution in [-0.4, -0.2) is 19.5 Å². The minimum Gasteiger partial charge on any atom is -0.351 e. The van der Waals surface area contributed by atoms with Gasteiger partial charge in [-0.15, -0.1) is 0 Å². The van der Waals surface area contributed by atoms with E-state index in [2.05, 4.69) is 29.7 Å². The first-order valence-corrected chi connectivity index (χ1v) is 5.26. The molecule has 0 atom stereocenters. The summed E-state index contributed by atoms with van der Waals surface area (Å²) in [5, 5.41) is 5.69. The van der Waals surface area contributed by atoms with Gasteiger partial charge < -0.3 is 10.6 Å². The van der Waals surface area contributed by atoms with E-state index in [1.807, 2.05) is 12.1 Å². The van der Waals surface area contributed by atoms with E-state index >= 15 is 0 Å². The van der Waals surface area contributed by atoms with Crippen molar-refractivity contribution < 1.29 is 4.79 Å². The molecule has 3 nitrogen and oxygen atoms in total. The highest BCUT2D eigenvalue weighted by molar-refractivity contribution is 5.77. The van der Waals surface area contributed by atoms with Crippen LogP contribution in [0.1, 0.15) is 18.1 Å². The van der Waals surface area contributed by atoms with Crippen LogP contribution in [0.2, 0.25) is 0 Å². The minimum absolute atomic E-state index is 0.0309. The summed E-state index contributed by atoms with van der Waals surface area (Å²) in [5.74, 6) is 0.0309. The van der Waals surface area contributed by atoms with Gasteiger partial charge in [0.2, 0.25) is 5.91 Å². The molecule has 0 saturated carbocycles. The van der Waals surface area contributed by atoms with Gasteiger partial charge in [-0.1, -0.05) is 31.2 Å². The Morgan fingerprint density at radius 3 is 2.53 bits per heavy atom. The number of hydrogen-bond donors (Lipinski definition) is 2. The van der Waals surface area contributed by atoms with Crippen molar-refractivity contribution in [2.24, 2.45) is 0 Å². The molecule has 0 bridgehead atoms. The molecule has 0 radical (unpaired) electrons. The molecule has 1 rings (SSSR count). The van der Waals surface area contributed by atoms with Crippen molar-refractivity contribution in [2.45, 2.75) is 19.9 Å². The van der Waals surface area contributed by atoms with Crippen molar-refractivity contribution in [2.75, 3.05) is 13.6 Å². The van der Waals surface area contributed by atoms with Gasteiger partial charge in [-0.25, -0.2) is 0 Å². The average molecular weight is 206 g/mol. The largest absolute Gasteiger partial charge is 0.351 e. The van der Waals surface area contributed by atoms with Crippen LogP contribution < -0.4 is 10.6 Å². The third-order valence-corrected chi connectivity index (χ3v) is 2.31. The van der Waals surface area contributed by atoms with Gasteiger partial charge in [0.05, 0.1) is 6.54 Å². The normalized spacial score (nSPS) is 10.0. The van der Waals surface area contributed by atoms with Crippen LogP contribution in [0.5, 0.6) is 0 Å². The molecule has 15 heavy (non-hydrogen) atoms. The van der Waals surface area contributed by atoms with Gasteiger partial charge in [0.1, 0.15) is 0 Å². The third-order valence-electron chi connectivity index (χ3n) is 2.31. The summed E-state index contributed by atoms with van der Waals surface area (Å²) >= 11 is 0. The second-order valence-corrected chi connectivity index (χ2v) is 3.43. The highest BCUT2D eigenvalue weighted by Crippen LogP contribution is 2.08. The molecule has 2 N–H and O–H groups in total. The quantitative estimate of drug-likeness (QED) is 0.757. The molecule has 0 aliphatic heterocycles. The van der Waals surface area contributed by atoms with Crippen molar-refractivity contribution >= 4 is 5.91 Å². The number of nitrogens with one attached hydrogen (secondary N) is 2. The Morgan fingerprint density at radius 2 is 1.93 bits per heavy atom. The number of carbonyl (C=O) groups is 1. The van der Waals surface area contributed by atoms with Crippen molar-refractivity contribution in [1.29, 1.82) is 0 Å². The van der Waals surface area contributed by atoms with E-state index < -0.39 is 0 Å². The van der Waals surface area contributed by atoms with E-state index in [0.717, 1.165) is 6.42 Å². The highest BCUT2D eigenvalue weighted by Gasteiger charge is 2.02. The first-order valence-electron chi connectivity index (χ1n) is 5.26. The summed E-state index contributed by atoms with van der Waals surface area (Å²) in [6.45, 7) is 3.10. The van der Waals surface area contributed by atoms with Crippen LogP contribution in [0, 0.1) is 0 Å². The second-order valence-electron chi connectivity index (χ2n) is 3.43. The van der Waals surface area contributed by atoms with Crippen molar-refractivity contribution in [3.05, 3.63) is 35.4 Å². The van der Waals surface area contributed by atoms with E-state index in [1.165, 1.54) is 11.1 Å². The summed E-state index contributed by atoms with van der Waals surface area (Å²) in [5.41, 5.74) is 2.49. The standard InChI is InChI=1S/C12H18N2O/c1-3-10-6-4-5-7-11(10)8-14-12(15)9-13-2/h4-7,13H,3,8-9H2,1-2H3,(H,14,15). The lowest BCUT2D eigenvalue weighted by Crippen LogP contribution is -2.31. The van der Waals surface area contributed by atoms with Crippen LogP contribution in [0.4, 0.5) is 0 Å². The molecule has 0 saturated heterocycles. The molecule has 0 spiro atoms. The SMILES string of the molecule is CCc1ccccc1CNC(=O)CNC. The monoisotopic (exact) mass is 206 g/mol. The minimum atomic E-state index is 0.0309. The second kappa shape index (κ2) is 6.19. The Kier molecular flexibility index (Phi) is 4.84. The zero-order chi connectivity index (χ0) is 11.1. The van der Waals surface area contributed by atoms with Crippen LogP contribution in [0.15, 0.2) is 24.3 Å². The number of likely N-dealkylation sites (N-methyl/N-ethyl adjacent to an activating group) is 1. The number of benzene rings is 1. The molecule has 1 aromatic rings. The van der Waals surface area contributed by atoms with E-state index in [-0.39, 0.29) is 5.91 Å². The molecule has 0 fully saturated rings. The van der Waals surface area contributed by atoms with Gasteiger partial charge in [0.15, 0.2) is 0 Å². The molecule has 0 unspecified atom stereocenters. The van der Waals surface area contributed by atoms with Crippen LogP contribution >= 0.6 is 0 Å². The molecule has 0 aliphatic rings. The molecule has 3 heteroatoms. The van der Waals surface area contributed by atoms with E-state index in [4.69, 9.17) is 0 Å². The number of amides is 1. The maximum atomic E-state index is 11.2. The fourth-order valence-electron chi connectivity index (χ4n) is 1.49. The third kappa shape index (κ3) is 3.72. The predicted octanol–water partition coefficient (Wildman–Crippen LogP) is 1.08. The van der Waals surface area contributed by atoms with Crippen LogP contribution in [-0.2, 0) is 17.8 Å². The molecular formula is C12H18N2O. The zero-order valence-electron chi connectivity index (χ0n) is 9.34. The smallest absolute Gasteiger partial charge is 0.234 e. The maximum Gasteiger partial charge on any atom is 0.234 e. The Balaban J connectivity index is 2.53. The summed E-state index contributed by atoms with van der Waals surface area (Å²) in [4.78, 5) is 11.2. The molecule has 0 heterocycles. The highest BCUT2D eigenvalue weighted by atomic mass is 16.1. The van der Waals surface area contributed by atoms with Gasteiger partial charge in [-0.3, -0.25) is 4.79 Å². The molecule has 82 valence electrons. The molecule has 1 aromatic carbocycles. The van der Waals surface area contributed by atoms with Gasteiger partial charge in [0.25, 0.3) is 0 Å². The van der Waals surface area contributed by atoms with Gasteiger partial charge in [-0.2, -0.15) is 0 Å². The summed E-state index contributed by atoms with van der Waals surface area (Å²) in [6.07, 6.45) is 0.998. The predicted molar refractivity (Wildman–Crippen MR) is 61.6 cm³/mol. The summed E-state index contributed by atoms with van der Waals surface area (Å²) < 4.78 is 0. The van der Waals surface area contributed by atoms with Crippen molar-refractivity contribution in [3.63, 3.8) is 0 Å². The average Bonchev–Trinajstić information content (AvgIpc) is 2.27. The van der Waals surface area contributed by atoms with Crippen LogP contribution in [0.3, 0.4) is 0 Å². The lowest BCUT2D eigenvalue weighted by atomic mass is 10.1. The summed E-state index contributed by atoms with van der Waals surface area (Å²) in [6, 6.07) is 8.18. The topological polar surface area (TPSA) is 41.1 Å². The van der Waals surface area contributed by atoms with E-state index in [9.17, 15) is 4.79 Å². The molecule has 0 aliphatic carbocycles. The molecule has 1 amide bonds.